The molecule has 1 rings (SSSR count). The summed E-state index contributed by atoms with van der Waals surface area (Å²) in [6, 6.07) is -0.209. The van der Waals surface area contributed by atoms with Gasteiger partial charge in [-0.3, -0.25) is 4.90 Å². The average Bonchev–Trinajstić information content (AvgIpc) is 3.06. The SMILES string of the molecule is C/C=C(\C=C/C(C)N1CCCC1)C(OC)C(N)CF.CC. The summed E-state index contributed by atoms with van der Waals surface area (Å²) in [5.41, 5.74) is 6.69. The number of alkyl halides is 1. The molecule has 0 bridgehead atoms. The summed E-state index contributed by atoms with van der Waals surface area (Å²) >= 11 is 0. The predicted molar refractivity (Wildman–Crippen MR) is 89.3 cm³/mol. The molecule has 0 aromatic rings. The lowest BCUT2D eigenvalue weighted by Gasteiger charge is -2.23. The van der Waals surface area contributed by atoms with Gasteiger partial charge in [-0.25, -0.2) is 4.39 Å². The number of ether oxygens (including phenoxy) is 1. The van der Waals surface area contributed by atoms with Gasteiger partial charge in [0.25, 0.3) is 0 Å². The molecule has 0 radical (unpaired) electrons. The summed E-state index contributed by atoms with van der Waals surface area (Å²) < 4.78 is 18.0. The van der Waals surface area contributed by atoms with Crippen molar-refractivity contribution in [2.75, 3.05) is 26.9 Å². The van der Waals surface area contributed by atoms with Crippen LogP contribution in [-0.2, 0) is 4.74 Å². The third-order valence-electron chi connectivity index (χ3n) is 3.77. The molecule has 1 saturated heterocycles. The van der Waals surface area contributed by atoms with E-state index in [1.807, 2.05) is 32.9 Å². The minimum absolute atomic E-state index is 0.378. The van der Waals surface area contributed by atoms with Gasteiger partial charge < -0.3 is 10.5 Å². The van der Waals surface area contributed by atoms with Crippen molar-refractivity contribution in [1.82, 2.24) is 4.90 Å². The van der Waals surface area contributed by atoms with Crippen LogP contribution < -0.4 is 5.73 Å². The molecule has 3 nitrogen and oxygen atoms in total. The van der Waals surface area contributed by atoms with E-state index in [0.29, 0.717) is 6.04 Å². The monoisotopic (exact) mass is 300 g/mol. The molecule has 2 N–H and O–H groups in total. The summed E-state index contributed by atoms with van der Waals surface area (Å²) in [6.07, 6.45) is 8.29. The maximum atomic E-state index is 12.7. The van der Waals surface area contributed by atoms with Crippen molar-refractivity contribution in [2.24, 2.45) is 5.73 Å². The molecular weight excluding hydrogens is 267 g/mol. The molecule has 0 saturated carbocycles. The number of nitrogens with two attached hydrogens (primary N) is 1. The number of rotatable bonds is 7. The normalized spacial score (nSPS) is 21.0. The van der Waals surface area contributed by atoms with Crippen molar-refractivity contribution in [3.63, 3.8) is 0 Å². The lowest BCUT2D eigenvalue weighted by molar-refractivity contribution is 0.102. The van der Waals surface area contributed by atoms with Gasteiger partial charge in [0.1, 0.15) is 6.67 Å². The van der Waals surface area contributed by atoms with Gasteiger partial charge in [-0.15, -0.1) is 0 Å². The van der Waals surface area contributed by atoms with Crippen LogP contribution in [0.25, 0.3) is 0 Å². The van der Waals surface area contributed by atoms with Gasteiger partial charge in [0.15, 0.2) is 0 Å². The molecule has 0 spiro atoms. The standard InChI is InChI=1S/C15H27FN2O.C2H6/c1-4-13(15(19-3)14(17)11-16)8-7-12(2)18-9-5-6-10-18;1-2/h4,7-8,12,14-15H,5-6,9-11,17H2,1-3H3;1-2H3/b8-7-,13-4+;. The van der Waals surface area contributed by atoms with Crippen LogP contribution in [0.2, 0.25) is 0 Å². The first-order chi connectivity index (χ1) is 10.1. The predicted octanol–water partition coefficient (Wildman–Crippen LogP) is 3.31. The van der Waals surface area contributed by atoms with E-state index in [4.69, 9.17) is 10.5 Å². The summed E-state index contributed by atoms with van der Waals surface area (Å²) in [6.45, 7) is 9.86. The molecule has 0 amide bonds. The molecule has 21 heavy (non-hydrogen) atoms. The number of hydrogen-bond acceptors (Lipinski definition) is 3. The highest BCUT2D eigenvalue weighted by Crippen LogP contribution is 2.16. The fourth-order valence-corrected chi connectivity index (χ4v) is 2.52. The fourth-order valence-electron chi connectivity index (χ4n) is 2.52. The van der Waals surface area contributed by atoms with Gasteiger partial charge in [-0.2, -0.15) is 0 Å². The lowest BCUT2D eigenvalue weighted by Crippen LogP contribution is -2.39. The minimum Gasteiger partial charge on any atom is -0.375 e. The number of nitrogens with zero attached hydrogens (tertiary/aromatic N) is 1. The Bertz CT molecular complexity index is 312. The second-order valence-corrected chi connectivity index (χ2v) is 5.11. The molecule has 3 unspecified atom stereocenters. The summed E-state index contributed by atoms with van der Waals surface area (Å²) in [7, 11) is 1.57. The van der Waals surface area contributed by atoms with Gasteiger partial charge in [-0.1, -0.05) is 32.1 Å². The lowest BCUT2D eigenvalue weighted by atomic mass is 10.0. The first kappa shape index (κ1) is 20.3. The van der Waals surface area contributed by atoms with E-state index in [2.05, 4.69) is 17.9 Å². The maximum Gasteiger partial charge on any atom is 0.107 e. The molecular formula is C17H33FN2O. The summed E-state index contributed by atoms with van der Waals surface area (Å²) in [4.78, 5) is 2.45. The Morgan fingerprint density at radius 3 is 2.33 bits per heavy atom. The largest absolute Gasteiger partial charge is 0.375 e. The van der Waals surface area contributed by atoms with E-state index >= 15 is 0 Å². The smallest absolute Gasteiger partial charge is 0.107 e. The van der Waals surface area contributed by atoms with Gasteiger partial charge in [0.2, 0.25) is 0 Å². The van der Waals surface area contributed by atoms with E-state index in [9.17, 15) is 4.39 Å². The zero-order valence-electron chi connectivity index (χ0n) is 14.3. The van der Waals surface area contributed by atoms with Crippen LogP contribution in [0.3, 0.4) is 0 Å². The molecule has 0 aliphatic carbocycles. The first-order valence-corrected chi connectivity index (χ1v) is 8.06. The van der Waals surface area contributed by atoms with Gasteiger partial charge in [0.05, 0.1) is 12.1 Å². The maximum absolute atomic E-state index is 12.7. The Morgan fingerprint density at radius 2 is 1.90 bits per heavy atom. The molecule has 0 aromatic carbocycles. The van der Waals surface area contributed by atoms with Crippen molar-refractivity contribution in [3.05, 3.63) is 23.8 Å². The zero-order chi connectivity index (χ0) is 16.3. The molecule has 4 heteroatoms. The third kappa shape index (κ3) is 6.72. The first-order valence-electron chi connectivity index (χ1n) is 8.06. The Hall–Kier alpha value is -0.710. The number of allylic oxidation sites excluding steroid dienone is 1. The van der Waals surface area contributed by atoms with Crippen molar-refractivity contribution < 1.29 is 9.13 Å². The van der Waals surface area contributed by atoms with Crippen LogP contribution in [0.1, 0.15) is 40.5 Å². The number of likely N-dealkylation sites (tertiary alicyclic amines) is 1. The number of halogens is 1. The topological polar surface area (TPSA) is 38.5 Å². The van der Waals surface area contributed by atoms with E-state index in [0.717, 1.165) is 18.7 Å². The summed E-state index contributed by atoms with van der Waals surface area (Å²) in [5, 5.41) is 0. The van der Waals surface area contributed by atoms with Crippen LogP contribution in [0, 0.1) is 0 Å². The molecule has 0 aromatic heterocycles. The van der Waals surface area contributed by atoms with Crippen molar-refractivity contribution in [1.29, 1.82) is 0 Å². The Balaban J connectivity index is 0.00000191. The van der Waals surface area contributed by atoms with Crippen LogP contribution in [0.15, 0.2) is 23.8 Å². The Kier molecular flexibility index (Phi) is 11.5. The fraction of sp³-hybridized carbons (Fsp3) is 0.765. The Labute approximate surface area is 130 Å². The van der Waals surface area contributed by atoms with Gasteiger partial charge in [0, 0.05) is 13.2 Å². The van der Waals surface area contributed by atoms with E-state index < -0.39 is 12.7 Å². The van der Waals surface area contributed by atoms with E-state index in [-0.39, 0.29) is 6.10 Å². The summed E-state index contributed by atoms with van der Waals surface area (Å²) in [5.74, 6) is 0. The molecule has 1 aliphatic rings. The molecule has 1 aliphatic heterocycles. The second kappa shape index (κ2) is 11.9. The highest BCUT2D eigenvalue weighted by Gasteiger charge is 2.20. The Morgan fingerprint density at radius 1 is 1.33 bits per heavy atom. The van der Waals surface area contributed by atoms with Crippen LogP contribution >= 0.6 is 0 Å². The molecule has 1 fully saturated rings. The molecule has 1 heterocycles. The van der Waals surface area contributed by atoms with Crippen molar-refractivity contribution in [3.8, 4) is 0 Å². The van der Waals surface area contributed by atoms with Crippen LogP contribution in [-0.4, -0.2) is 50.0 Å². The highest BCUT2D eigenvalue weighted by atomic mass is 19.1. The molecule has 124 valence electrons. The number of hydrogen-bond donors (Lipinski definition) is 1. The number of methoxy groups -OCH3 is 1. The second-order valence-electron chi connectivity index (χ2n) is 5.11. The van der Waals surface area contributed by atoms with Crippen molar-refractivity contribution >= 4 is 0 Å². The molecule has 3 atom stereocenters. The highest BCUT2D eigenvalue weighted by molar-refractivity contribution is 5.25. The van der Waals surface area contributed by atoms with Gasteiger partial charge >= 0.3 is 0 Å². The van der Waals surface area contributed by atoms with Gasteiger partial charge in [-0.05, 0) is 45.4 Å². The van der Waals surface area contributed by atoms with Crippen LogP contribution in [0.5, 0.6) is 0 Å². The van der Waals surface area contributed by atoms with Crippen molar-refractivity contribution in [2.45, 2.75) is 58.7 Å². The zero-order valence-corrected chi connectivity index (χ0v) is 14.3. The third-order valence-corrected chi connectivity index (χ3v) is 3.77. The minimum atomic E-state index is -0.608. The average molecular weight is 300 g/mol. The quantitative estimate of drug-likeness (QED) is 0.733. The van der Waals surface area contributed by atoms with Crippen LogP contribution in [0.4, 0.5) is 4.39 Å². The van der Waals surface area contributed by atoms with E-state index in [1.165, 1.54) is 12.8 Å². The van der Waals surface area contributed by atoms with E-state index in [1.54, 1.807) is 7.11 Å².